The summed E-state index contributed by atoms with van der Waals surface area (Å²) in [5.41, 5.74) is 7.56. The van der Waals surface area contributed by atoms with Crippen molar-refractivity contribution >= 4 is 17.2 Å². The van der Waals surface area contributed by atoms with Gasteiger partial charge < -0.3 is 10.6 Å². The molecule has 1 fully saturated rings. The molecule has 1 atom stereocenters. The summed E-state index contributed by atoms with van der Waals surface area (Å²) < 4.78 is 13.4. The highest BCUT2D eigenvalue weighted by Gasteiger charge is 2.26. The van der Waals surface area contributed by atoms with Crippen LogP contribution in [0.15, 0.2) is 18.2 Å². The monoisotopic (exact) mass is 295 g/mol. The maximum atomic E-state index is 13.4. The van der Waals surface area contributed by atoms with E-state index in [1.54, 1.807) is 13.0 Å². The fraction of sp³-hybridized carbons (Fsp3) is 0.533. The largest absolute Gasteiger partial charge is 0.392 e. The summed E-state index contributed by atoms with van der Waals surface area (Å²) in [6, 6.07) is 5.05. The molecule has 0 spiro atoms. The lowest BCUT2D eigenvalue weighted by atomic mass is 10.0. The van der Waals surface area contributed by atoms with Gasteiger partial charge in [0.2, 0.25) is 0 Å². The van der Waals surface area contributed by atoms with E-state index in [2.05, 4.69) is 16.7 Å². The Morgan fingerprint density at radius 3 is 2.50 bits per heavy atom. The number of nitrogens with two attached hydrogens (primary N) is 1. The highest BCUT2D eigenvalue weighted by molar-refractivity contribution is 7.80. The standard InChI is InChI=1S/C15H22FN3S/c1-3-18-6-8-19(9-7-18)14(15(17)20)12-4-5-13(16)11(2)10-12/h4-5,10,14H,3,6-9H2,1-2H3,(H2,17,20). The number of nitrogens with zero attached hydrogens (tertiary/aromatic N) is 2. The molecule has 1 saturated heterocycles. The summed E-state index contributed by atoms with van der Waals surface area (Å²) in [7, 11) is 0. The molecule has 2 rings (SSSR count). The van der Waals surface area contributed by atoms with E-state index in [4.69, 9.17) is 18.0 Å². The molecule has 20 heavy (non-hydrogen) atoms. The summed E-state index contributed by atoms with van der Waals surface area (Å²) in [6.07, 6.45) is 0. The number of thiocarbonyl (C=S) groups is 1. The van der Waals surface area contributed by atoms with E-state index >= 15 is 0 Å². The summed E-state index contributed by atoms with van der Waals surface area (Å²) in [6.45, 7) is 8.93. The number of hydrogen-bond acceptors (Lipinski definition) is 3. The van der Waals surface area contributed by atoms with Gasteiger partial charge in [-0.2, -0.15) is 0 Å². The van der Waals surface area contributed by atoms with E-state index < -0.39 is 0 Å². The highest BCUT2D eigenvalue weighted by atomic mass is 32.1. The average Bonchev–Trinajstić information content (AvgIpc) is 2.43. The molecular weight excluding hydrogens is 273 g/mol. The van der Waals surface area contributed by atoms with Crippen molar-refractivity contribution in [1.29, 1.82) is 0 Å². The van der Waals surface area contributed by atoms with Crippen molar-refractivity contribution in [2.45, 2.75) is 19.9 Å². The van der Waals surface area contributed by atoms with Crippen LogP contribution in [0, 0.1) is 12.7 Å². The Balaban J connectivity index is 2.19. The van der Waals surface area contributed by atoms with Crippen molar-refractivity contribution in [1.82, 2.24) is 9.80 Å². The van der Waals surface area contributed by atoms with Gasteiger partial charge >= 0.3 is 0 Å². The number of benzene rings is 1. The molecule has 0 amide bonds. The maximum absolute atomic E-state index is 13.4. The Labute approximate surface area is 125 Å². The van der Waals surface area contributed by atoms with Crippen LogP contribution >= 0.6 is 12.2 Å². The van der Waals surface area contributed by atoms with Gasteiger partial charge in [0.25, 0.3) is 0 Å². The van der Waals surface area contributed by atoms with Crippen LogP contribution in [-0.4, -0.2) is 47.5 Å². The molecule has 110 valence electrons. The second kappa shape index (κ2) is 6.61. The van der Waals surface area contributed by atoms with Crippen LogP contribution < -0.4 is 5.73 Å². The first-order valence-corrected chi connectivity index (χ1v) is 7.45. The quantitative estimate of drug-likeness (QED) is 0.862. The fourth-order valence-electron chi connectivity index (χ4n) is 2.73. The molecule has 5 heteroatoms. The van der Waals surface area contributed by atoms with E-state index in [0.717, 1.165) is 38.3 Å². The van der Waals surface area contributed by atoms with Gasteiger partial charge in [-0.25, -0.2) is 4.39 Å². The summed E-state index contributed by atoms with van der Waals surface area (Å²) in [5.74, 6) is -0.189. The minimum atomic E-state index is -0.189. The van der Waals surface area contributed by atoms with Gasteiger partial charge in [0.1, 0.15) is 5.82 Å². The number of likely N-dealkylation sites (N-methyl/N-ethyl adjacent to an activating group) is 1. The van der Waals surface area contributed by atoms with E-state index in [0.29, 0.717) is 10.6 Å². The third-order valence-corrected chi connectivity index (χ3v) is 4.21. The minimum Gasteiger partial charge on any atom is -0.392 e. The van der Waals surface area contributed by atoms with Crippen LogP contribution in [0.5, 0.6) is 0 Å². The van der Waals surface area contributed by atoms with Gasteiger partial charge in [-0.15, -0.1) is 0 Å². The lowest BCUT2D eigenvalue weighted by Crippen LogP contribution is -2.49. The number of rotatable bonds is 4. The molecular formula is C15H22FN3S. The Kier molecular flexibility index (Phi) is 5.07. The third-order valence-electron chi connectivity index (χ3n) is 3.99. The van der Waals surface area contributed by atoms with Gasteiger partial charge in [-0.1, -0.05) is 31.3 Å². The topological polar surface area (TPSA) is 32.5 Å². The van der Waals surface area contributed by atoms with Gasteiger partial charge in [0, 0.05) is 26.2 Å². The molecule has 3 nitrogen and oxygen atoms in total. The first-order chi connectivity index (χ1) is 9.52. The third kappa shape index (κ3) is 3.34. The Hall–Kier alpha value is -1.04. The molecule has 1 unspecified atom stereocenters. The zero-order valence-electron chi connectivity index (χ0n) is 12.1. The van der Waals surface area contributed by atoms with Gasteiger partial charge in [-0.05, 0) is 30.7 Å². The molecule has 1 aliphatic rings. The Morgan fingerprint density at radius 2 is 2.00 bits per heavy atom. The van der Waals surface area contributed by atoms with Crippen LogP contribution in [0.25, 0.3) is 0 Å². The van der Waals surface area contributed by atoms with Crippen molar-refractivity contribution < 1.29 is 4.39 Å². The van der Waals surface area contributed by atoms with Crippen LogP contribution in [-0.2, 0) is 0 Å². The molecule has 1 aliphatic heterocycles. The molecule has 0 aliphatic carbocycles. The van der Waals surface area contributed by atoms with Crippen molar-refractivity contribution in [3.05, 3.63) is 35.1 Å². The van der Waals surface area contributed by atoms with E-state index in [-0.39, 0.29) is 11.9 Å². The number of piperazine rings is 1. The van der Waals surface area contributed by atoms with Crippen molar-refractivity contribution in [2.24, 2.45) is 5.73 Å². The smallest absolute Gasteiger partial charge is 0.126 e. The SMILES string of the molecule is CCN1CCN(C(C(N)=S)c2ccc(F)c(C)c2)CC1. The van der Waals surface area contributed by atoms with Crippen molar-refractivity contribution in [3.63, 3.8) is 0 Å². The van der Waals surface area contributed by atoms with Crippen LogP contribution in [0.2, 0.25) is 0 Å². The summed E-state index contributed by atoms with van der Waals surface area (Å²) in [5, 5.41) is 0. The van der Waals surface area contributed by atoms with Gasteiger partial charge in [0.15, 0.2) is 0 Å². The molecule has 0 bridgehead atoms. The van der Waals surface area contributed by atoms with Crippen molar-refractivity contribution in [2.75, 3.05) is 32.7 Å². The predicted molar refractivity (Wildman–Crippen MR) is 84.4 cm³/mol. The first kappa shape index (κ1) is 15.4. The molecule has 0 aromatic heterocycles. The van der Waals surface area contributed by atoms with Gasteiger partial charge in [0.05, 0.1) is 11.0 Å². The molecule has 0 radical (unpaired) electrons. The second-order valence-electron chi connectivity index (χ2n) is 5.28. The first-order valence-electron chi connectivity index (χ1n) is 7.04. The van der Waals surface area contributed by atoms with Crippen LogP contribution in [0.3, 0.4) is 0 Å². The zero-order valence-corrected chi connectivity index (χ0v) is 12.9. The number of aryl methyl sites for hydroxylation is 1. The summed E-state index contributed by atoms with van der Waals surface area (Å²) >= 11 is 5.24. The highest BCUT2D eigenvalue weighted by Crippen LogP contribution is 2.24. The van der Waals surface area contributed by atoms with Crippen LogP contribution in [0.1, 0.15) is 24.1 Å². The van der Waals surface area contributed by atoms with Crippen molar-refractivity contribution in [3.8, 4) is 0 Å². The molecule has 0 saturated carbocycles. The number of hydrogen-bond donors (Lipinski definition) is 1. The van der Waals surface area contributed by atoms with E-state index in [1.807, 2.05) is 6.07 Å². The van der Waals surface area contributed by atoms with Crippen LogP contribution in [0.4, 0.5) is 4.39 Å². The normalized spacial score (nSPS) is 18.9. The fourth-order valence-corrected chi connectivity index (χ4v) is 3.02. The number of halogens is 1. The zero-order chi connectivity index (χ0) is 14.7. The van der Waals surface area contributed by atoms with Gasteiger partial charge in [-0.3, -0.25) is 4.90 Å². The van der Waals surface area contributed by atoms with E-state index in [9.17, 15) is 4.39 Å². The Morgan fingerprint density at radius 1 is 1.35 bits per heavy atom. The molecule has 1 aromatic carbocycles. The second-order valence-corrected chi connectivity index (χ2v) is 5.76. The van der Waals surface area contributed by atoms with E-state index in [1.165, 1.54) is 6.07 Å². The lowest BCUT2D eigenvalue weighted by Gasteiger charge is -2.38. The lowest BCUT2D eigenvalue weighted by molar-refractivity contribution is 0.122. The Bertz CT molecular complexity index is 484. The molecule has 2 N–H and O–H groups in total. The predicted octanol–water partition coefficient (Wildman–Crippen LogP) is 2.10. The average molecular weight is 295 g/mol. The maximum Gasteiger partial charge on any atom is 0.126 e. The molecule has 1 aromatic rings. The summed E-state index contributed by atoms with van der Waals surface area (Å²) in [4.78, 5) is 5.16. The molecule has 1 heterocycles. The minimum absolute atomic E-state index is 0.0942.